The topological polar surface area (TPSA) is 74.8 Å². The van der Waals surface area contributed by atoms with Gasteiger partial charge in [-0.3, -0.25) is 4.79 Å². The van der Waals surface area contributed by atoms with Gasteiger partial charge in [-0.05, 0) is 43.9 Å². The van der Waals surface area contributed by atoms with Crippen molar-refractivity contribution >= 4 is 5.82 Å². The maximum atomic E-state index is 12.2. The number of nitriles is 1. The summed E-state index contributed by atoms with van der Waals surface area (Å²) in [5.74, 6) is 1.40. The molecule has 2 fully saturated rings. The molecule has 0 aromatic carbocycles. The summed E-state index contributed by atoms with van der Waals surface area (Å²) in [5.41, 5.74) is 1.55. The average Bonchev–Trinajstić information content (AvgIpc) is 3.36. The van der Waals surface area contributed by atoms with E-state index >= 15 is 0 Å². The first-order valence-corrected chi connectivity index (χ1v) is 8.45. The van der Waals surface area contributed by atoms with Crippen LogP contribution in [-0.4, -0.2) is 27.4 Å². The molecule has 1 saturated heterocycles. The average molecular weight is 321 g/mol. The highest BCUT2D eigenvalue weighted by molar-refractivity contribution is 5.43. The smallest absolute Gasteiger partial charge is 0.266 e. The third-order valence-corrected chi connectivity index (χ3v) is 4.81. The molecular weight excluding hydrogens is 302 g/mol. The van der Waals surface area contributed by atoms with Gasteiger partial charge in [-0.25, -0.2) is 9.67 Å². The van der Waals surface area contributed by atoms with Crippen LogP contribution in [-0.2, 0) is 6.54 Å². The largest absolute Gasteiger partial charge is 0.352 e. The molecule has 2 aromatic heterocycles. The fourth-order valence-electron chi connectivity index (χ4n) is 3.34. The molecule has 1 unspecified atom stereocenters. The molecule has 6 heteroatoms. The molecule has 1 aliphatic carbocycles. The third-order valence-electron chi connectivity index (χ3n) is 4.81. The zero-order valence-electron chi connectivity index (χ0n) is 13.4. The van der Waals surface area contributed by atoms with Gasteiger partial charge in [0, 0.05) is 24.7 Å². The van der Waals surface area contributed by atoms with E-state index in [-0.39, 0.29) is 11.6 Å². The van der Waals surface area contributed by atoms with Crippen LogP contribution in [0.5, 0.6) is 0 Å². The van der Waals surface area contributed by atoms with Crippen molar-refractivity contribution in [2.45, 2.75) is 44.2 Å². The van der Waals surface area contributed by atoms with E-state index in [1.807, 2.05) is 12.1 Å². The van der Waals surface area contributed by atoms with Gasteiger partial charge in [-0.1, -0.05) is 0 Å². The molecule has 3 heterocycles. The Kier molecular flexibility index (Phi) is 3.77. The van der Waals surface area contributed by atoms with Crippen molar-refractivity contribution in [1.82, 2.24) is 14.8 Å². The quantitative estimate of drug-likeness (QED) is 0.861. The van der Waals surface area contributed by atoms with Crippen molar-refractivity contribution in [2.24, 2.45) is 0 Å². The van der Waals surface area contributed by atoms with Gasteiger partial charge in [-0.15, -0.1) is 0 Å². The first-order chi connectivity index (χ1) is 11.7. The van der Waals surface area contributed by atoms with Gasteiger partial charge in [-0.2, -0.15) is 10.4 Å². The molecule has 6 nitrogen and oxygen atoms in total. The minimum atomic E-state index is -0.0426. The predicted octanol–water partition coefficient (Wildman–Crippen LogP) is 2.06. The molecule has 24 heavy (non-hydrogen) atoms. The second-order valence-electron chi connectivity index (χ2n) is 6.56. The summed E-state index contributed by atoms with van der Waals surface area (Å²) in [6.45, 7) is 1.50. The lowest BCUT2D eigenvalue weighted by atomic mass is 10.2. The number of rotatable bonds is 4. The van der Waals surface area contributed by atoms with Crippen LogP contribution in [0.1, 0.15) is 42.9 Å². The van der Waals surface area contributed by atoms with Gasteiger partial charge in [0.2, 0.25) is 0 Å². The molecule has 2 aliphatic rings. The van der Waals surface area contributed by atoms with E-state index in [4.69, 9.17) is 5.26 Å². The molecule has 1 atom stereocenters. The summed E-state index contributed by atoms with van der Waals surface area (Å²) in [7, 11) is 0. The lowest BCUT2D eigenvalue weighted by Crippen LogP contribution is -2.37. The zero-order valence-corrected chi connectivity index (χ0v) is 13.4. The number of pyridine rings is 1. The van der Waals surface area contributed by atoms with Crippen LogP contribution in [0.25, 0.3) is 0 Å². The lowest BCUT2D eigenvalue weighted by molar-refractivity contribution is 0.481. The predicted molar refractivity (Wildman–Crippen MR) is 89.8 cm³/mol. The molecule has 0 amide bonds. The Labute approximate surface area is 140 Å². The van der Waals surface area contributed by atoms with Crippen LogP contribution in [0.3, 0.4) is 0 Å². The standard InChI is InChI=1S/C18H19N5O/c19-10-13-3-7-17(20-11-13)22-9-1-2-15(22)12-23-18(24)8-6-16(21-23)14-4-5-14/h3,6-8,11,14-15H,1-2,4-5,9,12H2. The van der Waals surface area contributed by atoms with Crippen molar-refractivity contribution in [3.63, 3.8) is 0 Å². The highest BCUT2D eigenvalue weighted by Gasteiger charge is 2.28. The van der Waals surface area contributed by atoms with E-state index in [1.165, 1.54) is 12.8 Å². The first-order valence-electron chi connectivity index (χ1n) is 8.45. The Morgan fingerprint density at radius 2 is 2.08 bits per heavy atom. The Morgan fingerprint density at radius 3 is 2.79 bits per heavy atom. The van der Waals surface area contributed by atoms with E-state index < -0.39 is 0 Å². The van der Waals surface area contributed by atoms with E-state index in [9.17, 15) is 4.79 Å². The Balaban J connectivity index is 1.56. The third kappa shape index (κ3) is 2.90. The normalized spacial score (nSPS) is 20.1. The second kappa shape index (κ2) is 6.08. The molecule has 0 bridgehead atoms. The van der Waals surface area contributed by atoms with Crippen LogP contribution >= 0.6 is 0 Å². The number of aromatic nitrogens is 3. The van der Waals surface area contributed by atoms with E-state index in [2.05, 4.69) is 21.1 Å². The van der Waals surface area contributed by atoms with E-state index in [0.29, 0.717) is 18.0 Å². The summed E-state index contributed by atoms with van der Waals surface area (Å²) >= 11 is 0. The van der Waals surface area contributed by atoms with Crippen molar-refractivity contribution in [3.05, 3.63) is 52.1 Å². The molecule has 0 spiro atoms. The number of hydrogen-bond acceptors (Lipinski definition) is 5. The fraction of sp³-hybridized carbons (Fsp3) is 0.444. The van der Waals surface area contributed by atoms with Crippen molar-refractivity contribution < 1.29 is 0 Å². The molecule has 1 aliphatic heterocycles. The monoisotopic (exact) mass is 321 g/mol. The number of hydrogen-bond donors (Lipinski definition) is 0. The maximum absolute atomic E-state index is 12.2. The van der Waals surface area contributed by atoms with Crippen LogP contribution in [0, 0.1) is 11.3 Å². The summed E-state index contributed by atoms with van der Waals surface area (Å²) in [6.07, 6.45) is 6.04. The van der Waals surface area contributed by atoms with Crippen molar-refractivity contribution in [1.29, 1.82) is 5.26 Å². The highest BCUT2D eigenvalue weighted by atomic mass is 16.1. The summed E-state index contributed by atoms with van der Waals surface area (Å²) in [5, 5.41) is 13.5. The fourth-order valence-corrected chi connectivity index (χ4v) is 3.34. The minimum Gasteiger partial charge on any atom is -0.352 e. The van der Waals surface area contributed by atoms with Gasteiger partial charge in [0.05, 0.1) is 23.8 Å². The lowest BCUT2D eigenvalue weighted by Gasteiger charge is -2.26. The zero-order chi connectivity index (χ0) is 16.5. The van der Waals surface area contributed by atoms with Gasteiger partial charge in [0.25, 0.3) is 5.56 Å². The Morgan fingerprint density at radius 1 is 1.21 bits per heavy atom. The van der Waals surface area contributed by atoms with Gasteiger partial charge >= 0.3 is 0 Å². The molecule has 0 radical (unpaired) electrons. The molecular formula is C18H19N5O. The molecule has 2 aromatic rings. The first kappa shape index (κ1) is 14.9. The summed E-state index contributed by atoms with van der Waals surface area (Å²) in [6, 6.07) is 9.48. The SMILES string of the molecule is N#Cc1ccc(N2CCCC2Cn2nc(C3CC3)ccc2=O)nc1. The number of anilines is 1. The molecule has 1 saturated carbocycles. The number of nitrogens with zero attached hydrogens (tertiary/aromatic N) is 5. The van der Waals surface area contributed by atoms with Crippen molar-refractivity contribution in [3.8, 4) is 6.07 Å². The molecule has 4 rings (SSSR count). The molecule has 0 N–H and O–H groups in total. The van der Waals surface area contributed by atoms with Crippen LogP contribution < -0.4 is 10.5 Å². The summed E-state index contributed by atoms with van der Waals surface area (Å²) in [4.78, 5) is 18.8. The van der Waals surface area contributed by atoms with E-state index in [0.717, 1.165) is 30.9 Å². The van der Waals surface area contributed by atoms with Crippen LogP contribution in [0.15, 0.2) is 35.3 Å². The highest BCUT2D eigenvalue weighted by Crippen LogP contribution is 2.38. The van der Waals surface area contributed by atoms with Crippen LogP contribution in [0.2, 0.25) is 0 Å². The van der Waals surface area contributed by atoms with Gasteiger partial charge < -0.3 is 4.90 Å². The Hall–Kier alpha value is -2.68. The Bertz CT molecular complexity index is 832. The molecule has 122 valence electrons. The van der Waals surface area contributed by atoms with Gasteiger partial charge in [0.15, 0.2) is 0 Å². The minimum absolute atomic E-state index is 0.0426. The van der Waals surface area contributed by atoms with Crippen LogP contribution in [0.4, 0.5) is 5.82 Å². The second-order valence-corrected chi connectivity index (χ2v) is 6.56. The maximum Gasteiger partial charge on any atom is 0.266 e. The van der Waals surface area contributed by atoms with Crippen molar-refractivity contribution in [2.75, 3.05) is 11.4 Å². The van der Waals surface area contributed by atoms with Gasteiger partial charge in [0.1, 0.15) is 11.9 Å². The van der Waals surface area contributed by atoms with E-state index in [1.54, 1.807) is 23.0 Å². The summed E-state index contributed by atoms with van der Waals surface area (Å²) < 4.78 is 1.61.